The van der Waals surface area contributed by atoms with Crippen molar-refractivity contribution in [2.45, 2.75) is 6.54 Å². The summed E-state index contributed by atoms with van der Waals surface area (Å²) in [5, 5.41) is 0. The summed E-state index contributed by atoms with van der Waals surface area (Å²) < 4.78 is 6.22. The number of hydrogen-bond acceptors (Lipinski definition) is 2. The Hall–Kier alpha value is -1.48. The van der Waals surface area contributed by atoms with Crippen LogP contribution in [-0.4, -0.2) is 14.2 Å². The molecule has 18 heavy (non-hydrogen) atoms. The maximum absolute atomic E-state index is 5.23. The van der Waals surface area contributed by atoms with Crippen LogP contribution in [0.3, 0.4) is 0 Å². The lowest BCUT2D eigenvalue weighted by atomic mass is 10.2. The summed E-state index contributed by atoms with van der Waals surface area (Å²) in [6, 6.07) is 16.5. The van der Waals surface area contributed by atoms with E-state index >= 15 is 0 Å². The monoisotopic (exact) mass is 305 g/mol. The van der Waals surface area contributed by atoms with Gasteiger partial charge in [-0.15, -0.1) is 0 Å². The second-order valence-corrected chi connectivity index (χ2v) is 5.01. The molecule has 0 aliphatic rings. The van der Waals surface area contributed by atoms with Crippen LogP contribution in [-0.2, 0) is 6.54 Å². The van der Waals surface area contributed by atoms with Crippen LogP contribution in [0.2, 0.25) is 0 Å². The maximum atomic E-state index is 5.23. The van der Waals surface area contributed by atoms with Gasteiger partial charge in [0, 0.05) is 19.3 Å². The van der Waals surface area contributed by atoms with Gasteiger partial charge in [0.25, 0.3) is 0 Å². The molecule has 2 nitrogen and oxygen atoms in total. The van der Waals surface area contributed by atoms with E-state index in [1.54, 1.807) is 7.11 Å². The Labute approximate surface area is 116 Å². The lowest BCUT2D eigenvalue weighted by Crippen LogP contribution is -2.16. The Bertz CT molecular complexity index is 513. The van der Waals surface area contributed by atoms with Crippen LogP contribution in [0.15, 0.2) is 53.0 Å². The molecule has 3 heteroatoms. The third-order valence-electron chi connectivity index (χ3n) is 2.83. The Morgan fingerprint density at radius 1 is 1.11 bits per heavy atom. The topological polar surface area (TPSA) is 12.5 Å². The molecular formula is C15H16BrNO. The summed E-state index contributed by atoms with van der Waals surface area (Å²) in [7, 11) is 3.77. The highest BCUT2D eigenvalue weighted by molar-refractivity contribution is 9.10. The molecule has 2 aromatic rings. The van der Waals surface area contributed by atoms with E-state index in [1.165, 1.54) is 11.3 Å². The molecule has 0 amide bonds. The van der Waals surface area contributed by atoms with E-state index < -0.39 is 0 Å². The number of para-hydroxylation sites is 1. The van der Waals surface area contributed by atoms with Gasteiger partial charge in [-0.05, 0) is 45.8 Å². The molecule has 0 aliphatic heterocycles. The smallest absolute Gasteiger partial charge is 0.133 e. The molecule has 0 N–H and O–H groups in total. The van der Waals surface area contributed by atoms with Crippen LogP contribution >= 0.6 is 15.9 Å². The van der Waals surface area contributed by atoms with Crippen molar-refractivity contribution >= 4 is 21.6 Å². The molecule has 94 valence electrons. The van der Waals surface area contributed by atoms with Crippen LogP contribution in [0, 0.1) is 0 Å². The van der Waals surface area contributed by atoms with Crippen LogP contribution in [0.25, 0.3) is 0 Å². The minimum Gasteiger partial charge on any atom is -0.496 e. The summed E-state index contributed by atoms with van der Waals surface area (Å²) in [6.07, 6.45) is 0. The van der Waals surface area contributed by atoms with Crippen molar-refractivity contribution in [3.8, 4) is 5.75 Å². The molecule has 0 atom stereocenters. The molecule has 2 rings (SSSR count). The number of anilines is 1. The number of halogens is 1. The molecule has 0 aliphatic carbocycles. The average molecular weight is 306 g/mol. The number of nitrogens with zero attached hydrogens (tertiary/aromatic N) is 1. The molecule has 0 radical (unpaired) electrons. The first-order valence-electron chi connectivity index (χ1n) is 5.79. The third-order valence-corrected chi connectivity index (χ3v) is 3.45. The Balaban J connectivity index is 2.12. The van der Waals surface area contributed by atoms with Crippen LogP contribution < -0.4 is 9.64 Å². The SMILES string of the molecule is COc1ccc(CN(C)c2ccccc2)cc1Br. The minimum atomic E-state index is 0.862. The Morgan fingerprint density at radius 2 is 1.83 bits per heavy atom. The number of ether oxygens (including phenoxy) is 1. The van der Waals surface area contributed by atoms with Crippen molar-refractivity contribution in [1.82, 2.24) is 0 Å². The molecule has 0 unspecified atom stereocenters. The predicted molar refractivity (Wildman–Crippen MR) is 79.2 cm³/mol. The molecule has 0 spiro atoms. The first kappa shape index (κ1) is 13.0. The van der Waals surface area contributed by atoms with Gasteiger partial charge >= 0.3 is 0 Å². The van der Waals surface area contributed by atoms with Gasteiger partial charge in [0.1, 0.15) is 5.75 Å². The summed E-state index contributed by atoms with van der Waals surface area (Å²) in [6.45, 7) is 0.868. The second kappa shape index (κ2) is 5.91. The molecule has 0 saturated carbocycles. The zero-order valence-corrected chi connectivity index (χ0v) is 12.1. The van der Waals surface area contributed by atoms with Gasteiger partial charge in [0.15, 0.2) is 0 Å². The highest BCUT2D eigenvalue weighted by Crippen LogP contribution is 2.26. The Morgan fingerprint density at radius 3 is 2.44 bits per heavy atom. The molecule has 0 fully saturated rings. The lowest BCUT2D eigenvalue weighted by molar-refractivity contribution is 0.412. The summed E-state index contributed by atoms with van der Waals surface area (Å²) in [4.78, 5) is 2.22. The van der Waals surface area contributed by atoms with Crippen molar-refractivity contribution in [3.63, 3.8) is 0 Å². The average Bonchev–Trinajstić information content (AvgIpc) is 2.40. The van der Waals surface area contributed by atoms with Gasteiger partial charge in [-0.2, -0.15) is 0 Å². The summed E-state index contributed by atoms with van der Waals surface area (Å²) >= 11 is 3.51. The van der Waals surface area contributed by atoms with Crippen LogP contribution in [0.1, 0.15) is 5.56 Å². The molecule has 0 bridgehead atoms. The highest BCUT2D eigenvalue weighted by atomic mass is 79.9. The van der Waals surface area contributed by atoms with Crippen molar-refractivity contribution in [2.75, 3.05) is 19.1 Å². The fourth-order valence-electron chi connectivity index (χ4n) is 1.86. The third kappa shape index (κ3) is 3.05. The normalized spacial score (nSPS) is 10.2. The van der Waals surface area contributed by atoms with Gasteiger partial charge in [0.05, 0.1) is 11.6 Å². The van der Waals surface area contributed by atoms with Gasteiger partial charge < -0.3 is 9.64 Å². The van der Waals surface area contributed by atoms with Gasteiger partial charge in [0.2, 0.25) is 0 Å². The zero-order chi connectivity index (χ0) is 13.0. The van der Waals surface area contributed by atoms with Crippen molar-refractivity contribution in [1.29, 1.82) is 0 Å². The van der Waals surface area contributed by atoms with Gasteiger partial charge in [-0.3, -0.25) is 0 Å². The number of hydrogen-bond donors (Lipinski definition) is 0. The number of rotatable bonds is 4. The predicted octanol–water partition coefficient (Wildman–Crippen LogP) is 4.09. The van der Waals surface area contributed by atoms with Crippen molar-refractivity contribution < 1.29 is 4.74 Å². The molecular weight excluding hydrogens is 290 g/mol. The second-order valence-electron chi connectivity index (χ2n) is 4.16. The van der Waals surface area contributed by atoms with Crippen molar-refractivity contribution in [2.24, 2.45) is 0 Å². The van der Waals surface area contributed by atoms with Crippen LogP contribution in [0.4, 0.5) is 5.69 Å². The first-order valence-corrected chi connectivity index (χ1v) is 6.58. The van der Waals surface area contributed by atoms with E-state index in [4.69, 9.17) is 4.74 Å². The molecule has 2 aromatic carbocycles. The van der Waals surface area contributed by atoms with E-state index in [1.807, 2.05) is 12.1 Å². The molecule has 0 saturated heterocycles. The van der Waals surface area contributed by atoms with E-state index in [0.717, 1.165) is 16.8 Å². The zero-order valence-electron chi connectivity index (χ0n) is 10.6. The van der Waals surface area contributed by atoms with Gasteiger partial charge in [-0.1, -0.05) is 24.3 Å². The number of benzene rings is 2. The van der Waals surface area contributed by atoms with E-state index in [0.29, 0.717) is 0 Å². The minimum absolute atomic E-state index is 0.862. The summed E-state index contributed by atoms with van der Waals surface area (Å²) in [5.74, 6) is 0.862. The standard InChI is InChI=1S/C15H16BrNO/c1-17(13-6-4-3-5-7-13)11-12-8-9-15(18-2)14(16)10-12/h3-10H,11H2,1-2H3. The first-order chi connectivity index (χ1) is 8.70. The van der Waals surface area contributed by atoms with E-state index in [-0.39, 0.29) is 0 Å². The van der Waals surface area contributed by atoms with E-state index in [9.17, 15) is 0 Å². The molecule has 0 heterocycles. The fourth-order valence-corrected chi connectivity index (χ4v) is 2.44. The quantitative estimate of drug-likeness (QED) is 0.843. The highest BCUT2D eigenvalue weighted by Gasteiger charge is 2.04. The van der Waals surface area contributed by atoms with E-state index in [2.05, 4.69) is 64.3 Å². The Kier molecular flexibility index (Phi) is 4.26. The fraction of sp³-hybridized carbons (Fsp3) is 0.200. The maximum Gasteiger partial charge on any atom is 0.133 e. The van der Waals surface area contributed by atoms with Gasteiger partial charge in [-0.25, -0.2) is 0 Å². The van der Waals surface area contributed by atoms with Crippen LogP contribution in [0.5, 0.6) is 5.75 Å². The lowest BCUT2D eigenvalue weighted by Gasteiger charge is -2.19. The van der Waals surface area contributed by atoms with Crippen molar-refractivity contribution in [3.05, 3.63) is 58.6 Å². The number of methoxy groups -OCH3 is 1. The largest absolute Gasteiger partial charge is 0.496 e. The summed E-state index contributed by atoms with van der Waals surface area (Å²) in [5.41, 5.74) is 2.46. The molecule has 0 aromatic heterocycles.